The number of anilines is 1. The third kappa shape index (κ3) is 4.02. The van der Waals surface area contributed by atoms with E-state index in [4.69, 9.17) is 0 Å². The van der Waals surface area contributed by atoms with Gasteiger partial charge < -0.3 is 10.2 Å². The lowest BCUT2D eigenvalue weighted by Gasteiger charge is -2.49. The van der Waals surface area contributed by atoms with Gasteiger partial charge in [0, 0.05) is 38.9 Å². The second-order valence-electron chi connectivity index (χ2n) is 11.4. The van der Waals surface area contributed by atoms with Crippen LogP contribution in [-0.2, 0) is 0 Å². The van der Waals surface area contributed by atoms with Crippen molar-refractivity contribution in [3.8, 4) is 0 Å². The molecule has 3 aliphatic heterocycles. The molecule has 5 nitrogen and oxygen atoms in total. The molecule has 0 radical (unpaired) electrons. The van der Waals surface area contributed by atoms with Gasteiger partial charge in [-0.2, -0.15) is 4.99 Å². The van der Waals surface area contributed by atoms with Crippen LogP contribution in [-0.4, -0.2) is 55.6 Å². The summed E-state index contributed by atoms with van der Waals surface area (Å²) in [6, 6.07) is 9.49. The van der Waals surface area contributed by atoms with E-state index < -0.39 is 13.6 Å². The number of likely N-dealkylation sites (tertiary alicyclic amines) is 1. The number of carbonyl (C=O) groups is 1. The molecule has 1 spiro atoms. The third-order valence-corrected chi connectivity index (χ3v) is 11.7. The number of nitrogens with one attached hydrogen (secondary N) is 1. The van der Waals surface area contributed by atoms with Crippen LogP contribution in [0.1, 0.15) is 45.4 Å². The summed E-state index contributed by atoms with van der Waals surface area (Å²) < 4.78 is 14.1. The van der Waals surface area contributed by atoms with Crippen LogP contribution in [0.3, 0.4) is 0 Å². The van der Waals surface area contributed by atoms with E-state index >= 15 is 0 Å². The fourth-order valence-corrected chi connectivity index (χ4v) is 9.37. The van der Waals surface area contributed by atoms with E-state index in [-0.39, 0.29) is 11.8 Å². The summed E-state index contributed by atoms with van der Waals surface area (Å²) in [5.41, 5.74) is 0.116. The van der Waals surface area contributed by atoms with Gasteiger partial charge >= 0.3 is 6.03 Å². The van der Waals surface area contributed by atoms with Crippen molar-refractivity contribution in [2.45, 2.75) is 88.3 Å². The summed E-state index contributed by atoms with van der Waals surface area (Å²) in [5.74, 6) is 1.34. The Kier molecular flexibility index (Phi) is 5.69. The minimum absolute atomic E-state index is 0.257. The van der Waals surface area contributed by atoms with Crippen LogP contribution in [0.4, 0.5) is 14.9 Å². The van der Waals surface area contributed by atoms with Gasteiger partial charge in [0.1, 0.15) is 17.2 Å². The summed E-state index contributed by atoms with van der Waals surface area (Å²) in [4.78, 5) is 22.2. The van der Waals surface area contributed by atoms with Gasteiger partial charge in [-0.15, -0.1) is 0 Å². The highest BCUT2D eigenvalue weighted by atomic mass is 28.3. The van der Waals surface area contributed by atoms with E-state index in [1.807, 2.05) is 6.07 Å². The van der Waals surface area contributed by atoms with Gasteiger partial charge in [-0.25, -0.2) is 9.18 Å². The molecule has 4 aliphatic rings. The Bertz CT molecular complexity index is 917. The van der Waals surface area contributed by atoms with Crippen molar-refractivity contribution in [3.63, 3.8) is 0 Å². The molecule has 2 amide bonds. The highest BCUT2D eigenvalue weighted by Crippen LogP contribution is 2.42. The number of amidine groups is 1. The summed E-state index contributed by atoms with van der Waals surface area (Å²) in [6.07, 6.45) is 6.88. The zero-order chi connectivity index (χ0) is 22.5. The summed E-state index contributed by atoms with van der Waals surface area (Å²) in [7, 11) is -1.16. The Morgan fingerprint density at radius 3 is 2.72 bits per heavy atom. The first-order chi connectivity index (χ1) is 15.3. The molecule has 3 heterocycles. The molecule has 0 bridgehead atoms. The van der Waals surface area contributed by atoms with E-state index in [2.05, 4.69) is 35.2 Å². The molecular weight excluding hydrogens is 419 g/mol. The fraction of sp³-hybridized carbons (Fsp3) is 0.680. The molecule has 174 valence electrons. The third-order valence-electron chi connectivity index (χ3n) is 8.43. The van der Waals surface area contributed by atoms with E-state index in [0.717, 1.165) is 44.1 Å². The van der Waals surface area contributed by atoms with Crippen molar-refractivity contribution >= 4 is 25.6 Å². The molecule has 2 saturated heterocycles. The number of amides is 2. The SMILES string of the molecule is C[C@H]1C[C@]2(CCN1CC1CCC1)C(N[C@H]1CC[Si](C)(C)C1)=NC(=O)N2c1cccc(F)c1. The topological polar surface area (TPSA) is 47.9 Å². The first kappa shape index (κ1) is 22.1. The van der Waals surface area contributed by atoms with Gasteiger partial charge in [-0.1, -0.05) is 31.6 Å². The molecule has 3 fully saturated rings. The van der Waals surface area contributed by atoms with Crippen LogP contribution in [0, 0.1) is 11.7 Å². The number of carbonyl (C=O) groups excluding carboxylic acids is 1. The van der Waals surface area contributed by atoms with Crippen LogP contribution < -0.4 is 10.2 Å². The number of nitrogens with zero attached hydrogens (tertiary/aromatic N) is 3. The minimum Gasteiger partial charge on any atom is -0.369 e. The second kappa shape index (κ2) is 8.24. The highest BCUT2D eigenvalue weighted by Gasteiger charge is 2.54. The minimum atomic E-state index is -1.16. The quantitative estimate of drug-likeness (QED) is 0.629. The lowest BCUT2D eigenvalue weighted by atomic mass is 9.79. The maximum atomic E-state index is 14.1. The van der Waals surface area contributed by atoms with Gasteiger partial charge in [-0.3, -0.25) is 4.90 Å². The molecular formula is C25H37FN4OSi. The van der Waals surface area contributed by atoms with Crippen molar-refractivity contribution in [2.75, 3.05) is 18.0 Å². The number of hydrogen-bond acceptors (Lipinski definition) is 3. The van der Waals surface area contributed by atoms with Gasteiger partial charge in [0.05, 0.1) is 0 Å². The Morgan fingerprint density at radius 1 is 1.28 bits per heavy atom. The molecule has 0 aromatic heterocycles. The van der Waals surface area contributed by atoms with Crippen LogP contribution in [0.5, 0.6) is 0 Å². The second-order valence-corrected chi connectivity index (χ2v) is 16.7. The zero-order valence-electron chi connectivity index (χ0n) is 19.7. The van der Waals surface area contributed by atoms with E-state index in [9.17, 15) is 9.18 Å². The van der Waals surface area contributed by atoms with Crippen LogP contribution in [0.2, 0.25) is 25.2 Å². The Labute approximate surface area is 192 Å². The largest absolute Gasteiger partial charge is 0.369 e. The number of rotatable bonds is 4. The predicted octanol–water partition coefficient (Wildman–Crippen LogP) is 5.26. The first-order valence-electron chi connectivity index (χ1n) is 12.5. The molecule has 1 N–H and O–H groups in total. The van der Waals surface area contributed by atoms with Gasteiger partial charge in [0.25, 0.3) is 0 Å². The van der Waals surface area contributed by atoms with Crippen molar-refractivity contribution < 1.29 is 9.18 Å². The smallest absolute Gasteiger partial charge is 0.350 e. The monoisotopic (exact) mass is 456 g/mol. The first-order valence-corrected chi connectivity index (χ1v) is 15.9. The van der Waals surface area contributed by atoms with E-state index in [0.29, 0.717) is 17.8 Å². The normalized spacial score (nSPS) is 32.9. The maximum Gasteiger partial charge on any atom is 0.350 e. The van der Waals surface area contributed by atoms with Crippen molar-refractivity contribution in [2.24, 2.45) is 10.9 Å². The predicted molar refractivity (Wildman–Crippen MR) is 131 cm³/mol. The molecule has 32 heavy (non-hydrogen) atoms. The number of urea groups is 1. The zero-order valence-corrected chi connectivity index (χ0v) is 20.7. The number of piperidine rings is 1. The average molecular weight is 457 g/mol. The summed E-state index contributed by atoms with van der Waals surface area (Å²) in [6.45, 7) is 9.30. The molecule has 1 aliphatic carbocycles. The molecule has 1 aromatic rings. The van der Waals surface area contributed by atoms with Crippen molar-refractivity contribution in [1.82, 2.24) is 10.2 Å². The van der Waals surface area contributed by atoms with Gasteiger partial charge in [0.2, 0.25) is 0 Å². The fourth-order valence-electron chi connectivity index (χ4n) is 6.40. The van der Waals surface area contributed by atoms with E-state index in [1.54, 1.807) is 11.0 Å². The number of benzene rings is 1. The van der Waals surface area contributed by atoms with E-state index in [1.165, 1.54) is 43.5 Å². The standard InChI is InChI=1S/C25H37FN4OSi/c1-18-15-25(11-12-29(18)16-19-6-4-7-19)23(27-21-10-13-32(2,3)17-21)28-24(31)30(25)22-9-5-8-20(26)14-22/h5,8-9,14,18-19,21H,4,6-7,10-13,15-17H2,1-3H3,(H,27,28,31)/t18-,21-,25+/m0/s1. The van der Waals surface area contributed by atoms with Crippen LogP contribution >= 0.6 is 0 Å². The lowest BCUT2D eigenvalue weighted by Crippen LogP contribution is -2.64. The Hall–Kier alpha value is -1.73. The number of aliphatic imine (C=N–C) groups is 1. The van der Waals surface area contributed by atoms with Crippen LogP contribution in [0.25, 0.3) is 0 Å². The van der Waals surface area contributed by atoms with Gasteiger partial charge in [0.15, 0.2) is 0 Å². The number of hydrogen-bond donors (Lipinski definition) is 1. The van der Waals surface area contributed by atoms with Crippen molar-refractivity contribution in [1.29, 1.82) is 0 Å². The Morgan fingerprint density at radius 2 is 2.09 bits per heavy atom. The molecule has 5 rings (SSSR count). The summed E-state index contributed by atoms with van der Waals surface area (Å²) in [5, 5.41) is 3.75. The maximum absolute atomic E-state index is 14.1. The molecule has 7 heteroatoms. The van der Waals surface area contributed by atoms with Crippen molar-refractivity contribution in [3.05, 3.63) is 30.1 Å². The highest BCUT2D eigenvalue weighted by molar-refractivity contribution is 6.78. The Balaban J connectivity index is 1.43. The average Bonchev–Trinajstić information content (AvgIpc) is 3.16. The molecule has 1 saturated carbocycles. The molecule has 0 unspecified atom stereocenters. The molecule has 3 atom stereocenters. The van der Waals surface area contributed by atoms with Gasteiger partial charge in [-0.05, 0) is 69.2 Å². The lowest BCUT2D eigenvalue weighted by molar-refractivity contribution is 0.0899. The number of halogens is 1. The molecule has 1 aromatic carbocycles. The van der Waals surface area contributed by atoms with Crippen LogP contribution in [0.15, 0.2) is 29.3 Å². The summed E-state index contributed by atoms with van der Waals surface area (Å²) >= 11 is 0.